The van der Waals surface area contributed by atoms with Gasteiger partial charge >= 0.3 is 5.97 Å². The summed E-state index contributed by atoms with van der Waals surface area (Å²) in [5, 5.41) is 0. The molecule has 0 radical (unpaired) electrons. The molecule has 2 aliphatic rings. The van der Waals surface area contributed by atoms with Gasteiger partial charge in [-0.3, -0.25) is 4.79 Å². The second-order valence-corrected chi connectivity index (χ2v) is 16.0. The lowest BCUT2D eigenvalue weighted by Gasteiger charge is -2.29. The van der Waals surface area contributed by atoms with Gasteiger partial charge in [-0.2, -0.15) is 0 Å². The van der Waals surface area contributed by atoms with Gasteiger partial charge in [0.25, 0.3) is 0 Å². The van der Waals surface area contributed by atoms with Gasteiger partial charge in [0.2, 0.25) is 0 Å². The maximum absolute atomic E-state index is 12.9. The highest BCUT2D eigenvalue weighted by molar-refractivity contribution is 5.72. The van der Waals surface area contributed by atoms with E-state index in [-0.39, 0.29) is 36.8 Å². The molecule has 0 aromatic carbocycles. The lowest BCUT2D eigenvalue weighted by atomic mass is 9.99. The second kappa shape index (κ2) is 35.7. The van der Waals surface area contributed by atoms with Crippen LogP contribution in [0.5, 0.6) is 0 Å². The molecular formula is C48H85NO5. The highest BCUT2D eigenvalue weighted by Gasteiger charge is 2.40. The van der Waals surface area contributed by atoms with E-state index in [1.807, 2.05) is 0 Å². The molecule has 6 heteroatoms. The predicted octanol–water partition coefficient (Wildman–Crippen LogP) is 12.7. The molecule has 312 valence electrons. The fraction of sp³-hybridized carbons (Fsp3) is 0.812. The maximum Gasteiger partial charge on any atom is 0.310 e. The van der Waals surface area contributed by atoms with Gasteiger partial charge in [-0.05, 0) is 103 Å². The Kier molecular flexibility index (Phi) is 32.0. The smallest absolute Gasteiger partial charge is 0.310 e. The number of unbranched alkanes of at least 4 members (excludes halogenated alkanes) is 18. The molecule has 0 saturated carbocycles. The number of hydrogen-bond donors (Lipinski definition) is 0. The monoisotopic (exact) mass is 756 g/mol. The lowest BCUT2D eigenvalue weighted by molar-refractivity contribution is -0.156. The summed E-state index contributed by atoms with van der Waals surface area (Å²) >= 11 is 0. The molecule has 2 rings (SSSR count). The third-order valence-electron chi connectivity index (χ3n) is 10.9. The normalized spacial score (nSPS) is 21.2. The first-order valence-corrected chi connectivity index (χ1v) is 23.0. The van der Waals surface area contributed by atoms with Crippen LogP contribution in [0.25, 0.3) is 0 Å². The Morgan fingerprint density at radius 3 is 1.63 bits per heavy atom. The number of rotatable bonds is 35. The highest BCUT2D eigenvalue weighted by atomic mass is 16.6. The first kappa shape index (κ1) is 48.4. The molecule has 6 nitrogen and oxygen atoms in total. The van der Waals surface area contributed by atoms with Gasteiger partial charge in [-0.15, -0.1) is 0 Å². The number of carbonyl (C=O) groups is 1. The van der Waals surface area contributed by atoms with Crippen molar-refractivity contribution in [2.75, 3.05) is 46.6 Å². The van der Waals surface area contributed by atoms with Gasteiger partial charge in [0.05, 0.1) is 12.5 Å². The molecule has 54 heavy (non-hydrogen) atoms. The van der Waals surface area contributed by atoms with Crippen molar-refractivity contribution in [2.24, 2.45) is 5.92 Å². The molecule has 4 atom stereocenters. The minimum atomic E-state index is -0.263. The van der Waals surface area contributed by atoms with Crippen molar-refractivity contribution >= 4 is 5.97 Å². The van der Waals surface area contributed by atoms with E-state index in [1.165, 1.54) is 128 Å². The molecule has 0 aromatic heterocycles. The van der Waals surface area contributed by atoms with E-state index in [9.17, 15) is 4.79 Å². The number of carbonyl (C=O) groups excluding carboxylic acids is 1. The summed E-state index contributed by atoms with van der Waals surface area (Å²) in [7, 11) is 2.08. The Bertz CT molecular complexity index is 976. The van der Waals surface area contributed by atoms with E-state index in [4.69, 9.17) is 18.9 Å². The van der Waals surface area contributed by atoms with Gasteiger partial charge in [-0.1, -0.05) is 140 Å². The zero-order chi connectivity index (χ0) is 38.6. The SMILES string of the molecule is CCCCC/C=C\C/C=C\CCCCCCCCO[C@H]1COC(COC(=O)C2CCCN(C)C2)[C@@H]1OCCCCCCCC/C=C\C/C=C\CCCCC. The van der Waals surface area contributed by atoms with Gasteiger partial charge in [0, 0.05) is 19.8 Å². The van der Waals surface area contributed by atoms with E-state index in [0.29, 0.717) is 13.2 Å². The van der Waals surface area contributed by atoms with Crippen LogP contribution in [-0.4, -0.2) is 75.7 Å². The first-order valence-electron chi connectivity index (χ1n) is 23.0. The topological polar surface area (TPSA) is 57.2 Å². The largest absolute Gasteiger partial charge is 0.463 e. The summed E-state index contributed by atoms with van der Waals surface area (Å²) in [6.45, 7) is 8.53. The Morgan fingerprint density at radius 2 is 1.11 bits per heavy atom. The summed E-state index contributed by atoms with van der Waals surface area (Å²) in [6, 6.07) is 0. The molecule has 2 aliphatic heterocycles. The number of esters is 1. The van der Waals surface area contributed by atoms with Gasteiger partial charge in [-0.25, -0.2) is 0 Å². The Labute approximate surface area is 333 Å². The average Bonchev–Trinajstić information content (AvgIpc) is 3.57. The van der Waals surface area contributed by atoms with E-state index in [0.717, 1.165) is 58.2 Å². The minimum absolute atomic E-state index is 0.0429. The summed E-state index contributed by atoms with van der Waals surface area (Å²) in [5.74, 6) is -0.140. The standard InChI is InChI=1S/C48H85NO5/c1-4-6-8-10-12-14-16-18-20-22-24-26-28-30-32-34-39-51-45-42-53-46(43-54-48(50)44-37-36-38-49(3)41-44)47(45)52-40-35-33-31-29-27-25-23-21-19-17-15-13-11-9-7-5-2/h12-15,18-21,44-47H,4-11,16-17,22-43H2,1-3H3/b14-12-,15-13-,20-18-,21-19-/t44?,45-,46?,47+/m0/s1. The second-order valence-electron chi connectivity index (χ2n) is 16.0. The van der Waals surface area contributed by atoms with Crippen LogP contribution in [-0.2, 0) is 23.7 Å². The molecule has 0 aromatic rings. The predicted molar refractivity (Wildman–Crippen MR) is 229 cm³/mol. The summed E-state index contributed by atoms with van der Waals surface area (Å²) in [5.41, 5.74) is 0. The van der Waals surface area contributed by atoms with Crippen LogP contribution < -0.4 is 0 Å². The molecular weight excluding hydrogens is 671 g/mol. The molecule has 2 saturated heterocycles. The Balaban J connectivity index is 1.59. The van der Waals surface area contributed by atoms with Crippen LogP contribution in [0.1, 0.15) is 181 Å². The van der Waals surface area contributed by atoms with Crippen molar-refractivity contribution in [3.05, 3.63) is 48.6 Å². The van der Waals surface area contributed by atoms with E-state index in [1.54, 1.807) is 0 Å². The number of ether oxygens (including phenoxy) is 4. The Hall–Kier alpha value is -1.73. The van der Waals surface area contributed by atoms with Crippen molar-refractivity contribution in [3.63, 3.8) is 0 Å². The van der Waals surface area contributed by atoms with Gasteiger partial charge < -0.3 is 23.8 Å². The van der Waals surface area contributed by atoms with Crippen molar-refractivity contribution in [1.29, 1.82) is 0 Å². The number of nitrogens with zero attached hydrogens (tertiary/aromatic N) is 1. The number of piperidine rings is 1. The van der Waals surface area contributed by atoms with Crippen LogP contribution in [0.15, 0.2) is 48.6 Å². The van der Waals surface area contributed by atoms with Crippen LogP contribution >= 0.6 is 0 Å². The number of likely N-dealkylation sites (tertiary alicyclic amines) is 1. The molecule has 0 spiro atoms. The van der Waals surface area contributed by atoms with Crippen LogP contribution in [0.3, 0.4) is 0 Å². The zero-order valence-electron chi connectivity index (χ0n) is 35.5. The molecule has 2 heterocycles. The van der Waals surface area contributed by atoms with Gasteiger partial charge in [0.15, 0.2) is 0 Å². The molecule has 2 unspecified atom stereocenters. The molecule has 0 aliphatic carbocycles. The summed E-state index contributed by atoms with van der Waals surface area (Å²) < 4.78 is 24.8. The van der Waals surface area contributed by atoms with Crippen molar-refractivity contribution in [3.8, 4) is 0 Å². The third-order valence-corrected chi connectivity index (χ3v) is 10.9. The Morgan fingerprint density at radius 1 is 0.630 bits per heavy atom. The van der Waals surface area contributed by atoms with Crippen LogP contribution in [0.4, 0.5) is 0 Å². The molecule has 2 fully saturated rings. The molecule has 0 bridgehead atoms. The zero-order valence-corrected chi connectivity index (χ0v) is 35.5. The maximum atomic E-state index is 12.9. The van der Waals surface area contributed by atoms with Crippen molar-refractivity contribution < 1.29 is 23.7 Å². The third kappa shape index (κ3) is 26.2. The first-order chi connectivity index (χ1) is 26.7. The molecule has 0 N–H and O–H groups in total. The highest BCUT2D eigenvalue weighted by Crippen LogP contribution is 2.24. The average molecular weight is 756 g/mol. The molecule has 0 amide bonds. The van der Waals surface area contributed by atoms with Gasteiger partial charge in [0.1, 0.15) is 24.9 Å². The quantitative estimate of drug-likeness (QED) is 0.0365. The van der Waals surface area contributed by atoms with Crippen molar-refractivity contribution in [1.82, 2.24) is 4.90 Å². The van der Waals surface area contributed by atoms with E-state index >= 15 is 0 Å². The number of allylic oxidation sites excluding steroid dienone is 8. The van der Waals surface area contributed by atoms with Crippen LogP contribution in [0.2, 0.25) is 0 Å². The fourth-order valence-electron chi connectivity index (χ4n) is 7.42. The van der Waals surface area contributed by atoms with E-state index < -0.39 is 0 Å². The number of hydrogen-bond acceptors (Lipinski definition) is 6. The summed E-state index contributed by atoms with van der Waals surface area (Å²) in [6.07, 6.45) is 49.7. The lowest BCUT2D eigenvalue weighted by Crippen LogP contribution is -2.40. The van der Waals surface area contributed by atoms with Crippen LogP contribution in [0, 0.1) is 5.92 Å². The minimum Gasteiger partial charge on any atom is -0.463 e. The fourth-order valence-corrected chi connectivity index (χ4v) is 7.42. The van der Waals surface area contributed by atoms with Crippen molar-refractivity contribution in [2.45, 2.75) is 199 Å². The summed E-state index contributed by atoms with van der Waals surface area (Å²) in [4.78, 5) is 15.1. The van der Waals surface area contributed by atoms with E-state index in [2.05, 4.69) is 74.4 Å².